The van der Waals surface area contributed by atoms with Crippen LogP contribution >= 0.6 is 22.6 Å². The lowest BCUT2D eigenvalue weighted by Gasteiger charge is -2.37. The number of nitrogens with zero attached hydrogens (tertiary/aromatic N) is 2. The number of halogens is 1. The number of hydrazone groups is 1. The first-order valence-corrected chi connectivity index (χ1v) is 8.58. The number of carbonyl (C=O) groups excluding carboxylic acids is 2. The summed E-state index contributed by atoms with van der Waals surface area (Å²) in [4.78, 5) is 25.3. The maximum Gasteiger partial charge on any atom is 0.254 e. The van der Waals surface area contributed by atoms with Gasteiger partial charge in [0.15, 0.2) is 3.77 Å². The first-order chi connectivity index (χ1) is 10.6. The van der Waals surface area contributed by atoms with Crippen molar-refractivity contribution in [2.45, 2.75) is 6.42 Å². The third-order valence-electron chi connectivity index (χ3n) is 5.53. The van der Waals surface area contributed by atoms with Gasteiger partial charge in [-0.05, 0) is 64.8 Å². The molecule has 5 nitrogen and oxygen atoms in total. The van der Waals surface area contributed by atoms with Crippen LogP contribution in [-0.2, 0) is 9.59 Å². The highest BCUT2D eigenvalue weighted by Crippen LogP contribution is 2.65. The number of rotatable bonds is 2. The first-order valence-electron chi connectivity index (χ1n) is 7.50. The summed E-state index contributed by atoms with van der Waals surface area (Å²) in [6, 6.07) is 3.58. The van der Waals surface area contributed by atoms with Gasteiger partial charge in [-0.15, -0.1) is 0 Å². The summed E-state index contributed by atoms with van der Waals surface area (Å²) in [7, 11) is 0. The minimum atomic E-state index is -0.194. The Morgan fingerprint density at radius 2 is 1.77 bits per heavy atom. The summed E-state index contributed by atoms with van der Waals surface area (Å²) in [6.07, 6.45) is 6.94. The number of furan rings is 1. The van der Waals surface area contributed by atoms with Gasteiger partial charge in [-0.3, -0.25) is 9.59 Å². The van der Waals surface area contributed by atoms with Gasteiger partial charge in [0, 0.05) is 0 Å². The molecule has 4 aliphatic carbocycles. The van der Waals surface area contributed by atoms with E-state index in [4.69, 9.17) is 4.42 Å². The summed E-state index contributed by atoms with van der Waals surface area (Å²) in [5.41, 5.74) is 0. The Morgan fingerprint density at radius 1 is 1.14 bits per heavy atom. The van der Waals surface area contributed by atoms with E-state index in [9.17, 15) is 9.59 Å². The highest BCUT2D eigenvalue weighted by molar-refractivity contribution is 14.1. The molecule has 1 aromatic heterocycles. The molecule has 0 radical (unpaired) electrons. The summed E-state index contributed by atoms with van der Waals surface area (Å²) in [5.74, 6) is 1.58. The fourth-order valence-corrected chi connectivity index (χ4v) is 5.00. The third kappa shape index (κ3) is 1.61. The van der Waals surface area contributed by atoms with Crippen LogP contribution < -0.4 is 0 Å². The maximum absolute atomic E-state index is 12.7. The number of hydrogen-bond donors (Lipinski definition) is 0. The number of allylic oxidation sites excluding steroid dienone is 2. The van der Waals surface area contributed by atoms with Crippen molar-refractivity contribution in [3.63, 3.8) is 0 Å². The number of imide groups is 1. The second kappa shape index (κ2) is 4.31. The number of amides is 2. The molecular weight excluding hydrogens is 395 g/mol. The van der Waals surface area contributed by atoms with Crippen molar-refractivity contribution in [2.75, 3.05) is 0 Å². The number of carbonyl (C=O) groups is 2. The third-order valence-corrected chi connectivity index (χ3v) is 6.11. The van der Waals surface area contributed by atoms with Crippen molar-refractivity contribution in [3.05, 3.63) is 33.8 Å². The molecule has 3 fully saturated rings. The topological polar surface area (TPSA) is 62.9 Å². The van der Waals surface area contributed by atoms with E-state index in [2.05, 4.69) is 39.8 Å². The lowest BCUT2D eigenvalue weighted by Crippen LogP contribution is -2.40. The second-order valence-electron chi connectivity index (χ2n) is 6.53. The van der Waals surface area contributed by atoms with Crippen molar-refractivity contribution >= 4 is 40.6 Å². The minimum Gasteiger partial charge on any atom is -0.449 e. The summed E-state index contributed by atoms with van der Waals surface area (Å²) in [6.45, 7) is 0. The van der Waals surface area contributed by atoms with Gasteiger partial charge in [-0.2, -0.15) is 10.1 Å². The molecule has 1 saturated heterocycles. The number of hydrogen-bond acceptors (Lipinski definition) is 4. The molecule has 5 aliphatic rings. The van der Waals surface area contributed by atoms with E-state index in [1.807, 2.05) is 6.07 Å². The average molecular weight is 408 g/mol. The van der Waals surface area contributed by atoms with Gasteiger partial charge in [0.2, 0.25) is 0 Å². The largest absolute Gasteiger partial charge is 0.449 e. The molecule has 112 valence electrons. The zero-order valence-electron chi connectivity index (χ0n) is 11.6. The van der Waals surface area contributed by atoms with Crippen molar-refractivity contribution < 1.29 is 14.0 Å². The molecule has 1 aliphatic heterocycles. The zero-order valence-corrected chi connectivity index (χ0v) is 13.7. The fourth-order valence-electron chi connectivity index (χ4n) is 4.57. The van der Waals surface area contributed by atoms with Crippen LogP contribution in [0.25, 0.3) is 0 Å². The molecule has 0 unspecified atom stereocenters. The Hall–Kier alpha value is -1.44. The van der Waals surface area contributed by atoms with Crippen LogP contribution in [-0.4, -0.2) is 23.0 Å². The quantitative estimate of drug-likeness (QED) is 0.327. The Kier molecular flexibility index (Phi) is 2.55. The summed E-state index contributed by atoms with van der Waals surface area (Å²) < 4.78 is 6.13. The Balaban J connectivity index is 1.46. The van der Waals surface area contributed by atoms with Gasteiger partial charge in [-0.1, -0.05) is 12.2 Å². The van der Waals surface area contributed by atoms with Gasteiger partial charge in [0.05, 0.1) is 18.1 Å². The van der Waals surface area contributed by atoms with Crippen molar-refractivity contribution in [1.29, 1.82) is 0 Å². The first kappa shape index (κ1) is 13.0. The van der Waals surface area contributed by atoms with Crippen molar-refractivity contribution in [1.82, 2.24) is 5.01 Å². The van der Waals surface area contributed by atoms with Crippen LogP contribution in [0.15, 0.2) is 33.8 Å². The molecule has 2 amide bonds. The SMILES string of the molecule is O=C1[C@@H]2[C@H]3C=C[C@@H]([C@@H]4C[C@H]34)[C@H]2C(=O)N1N=Cc1ccc(I)o1. The van der Waals surface area contributed by atoms with Crippen LogP contribution in [0, 0.1) is 39.3 Å². The molecule has 6 atom stereocenters. The Bertz CT molecular complexity index is 716. The molecular formula is C16H13IN2O3. The van der Waals surface area contributed by atoms with Crippen molar-refractivity contribution in [2.24, 2.45) is 40.6 Å². The summed E-state index contributed by atoms with van der Waals surface area (Å²) >= 11 is 2.06. The van der Waals surface area contributed by atoms with Crippen LogP contribution in [0.1, 0.15) is 12.2 Å². The van der Waals surface area contributed by atoms with Gasteiger partial charge >= 0.3 is 0 Å². The van der Waals surface area contributed by atoms with Crippen LogP contribution in [0.5, 0.6) is 0 Å². The molecule has 0 spiro atoms. The standard InChI is InChI=1S/C16H13IN2O3/c17-12-4-1-7(22-12)6-18-19-15(20)13-8-2-3-9(11-5-10(8)11)14(13)16(19)21/h1-4,6,8-11,13-14H,5H2/t8-,9-,10-,11+,13+,14+/m0/s1. The monoisotopic (exact) mass is 408 g/mol. The van der Waals surface area contributed by atoms with Crippen LogP contribution in [0.3, 0.4) is 0 Å². The molecule has 0 aromatic carbocycles. The van der Waals surface area contributed by atoms with E-state index in [1.165, 1.54) is 12.6 Å². The van der Waals surface area contributed by atoms with Gasteiger partial charge in [-0.25, -0.2) is 0 Å². The highest BCUT2D eigenvalue weighted by Gasteiger charge is 2.67. The zero-order chi connectivity index (χ0) is 15.0. The normalized spacial score (nSPS) is 41.4. The van der Waals surface area contributed by atoms with E-state index in [-0.39, 0.29) is 35.5 Å². The minimum absolute atomic E-state index is 0.141. The lowest BCUT2D eigenvalue weighted by molar-refractivity contribution is -0.140. The van der Waals surface area contributed by atoms with Gasteiger partial charge in [0.25, 0.3) is 11.8 Å². The van der Waals surface area contributed by atoms with E-state index < -0.39 is 0 Å². The molecule has 2 saturated carbocycles. The Labute approximate surface area is 140 Å². The predicted octanol–water partition coefficient (Wildman–Crippen LogP) is 2.27. The molecule has 22 heavy (non-hydrogen) atoms. The molecule has 6 rings (SSSR count). The van der Waals surface area contributed by atoms with E-state index in [0.717, 1.165) is 8.78 Å². The smallest absolute Gasteiger partial charge is 0.254 e. The van der Waals surface area contributed by atoms with Crippen molar-refractivity contribution in [3.8, 4) is 0 Å². The molecule has 1 aromatic rings. The second-order valence-corrected chi connectivity index (χ2v) is 7.59. The lowest BCUT2D eigenvalue weighted by atomic mass is 9.63. The molecule has 2 bridgehead atoms. The van der Waals surface area contributed by atoms with Crippen LogP contribution in [0.2, 0.25) is 0 Å². The summed E-state index contributed by atoms with van der Waals surface area (Å²) in [5, 5.41) is 5.19. The molecule has 2 heterocycles. The van der Waals surface area contributed by atoms with Crippen LogP contribution in [0.4, 0.5) is 0 Å². The fraction of sp³-hybridized carbons (Fsp3) is 0.438. The predicted molar refractivity (Wildman–Crippen MR) is 85.6 cm³/mol. The highest BCUT2D eigenvalue weighted by atomic mass is 127. The average Bonchev–Trinajstić information content (AvgIpc) is 3.19. The van der Waals surface area contributed by atoms with E-state index in [0.29, 0.717) is 17.6 Å². The van der Waals surface area contributed by atoms with E-state index >= 15 is 0 Å². The van der Waals surface area contributed by atoms with E-state index in [1.54, 1.807) is 6.07 Å². The van der Waals surface area contributed by atoms with Gasteiger partial charge in [0.1, 0.15) is 5.76 Å². The molecule has 0 N–H and O–H groups in total. The molecule has 6 heteroatoms. The van der Waals surface area contributed by atoms with Gasteiger partial charge < -0.3 is 4.42 Å². The maximum atomic E-state index is 12.7. The Morgan fingerprint density at radius 3 is 2.32 bits per heavy atom.